The van der Waals surface area contributed by atoms with Crippen LogP contribution in [0.25, 0.3) is 16.2 Å². The number of hydrogen-bond donors (Lipinski definition) is 0. The Hall–Kier alpha value is -1.03. The average molecular weight is 309 g/mol. The highest BCUT2D eigenvalue weighted by atomic mass is 35.5. The summed E-state index contributed by atoms with van der Waals surface area (Å²) in [4.78, 5) is 7.22. The van der Waals surface area contributed by atoms with Crippen LogP contribution in [0.5, 0.6) is 0 Å². The van der Waals surface area contributed by atoms with Crippen LogP contribution in [0.15, 0.2) is 24.4 Å². The summed E-state index contributed by atoms with van der Waals surface area (Å²) in [6.07, 6.45) is 5.67. The lowest BCUT2D eigenvalue weighted by Crippen LogP contribution is -1.85. The fraction of sp³-hybridized carbons (Fsp3) is 0.214. The predicted octanol–water partition coefficient (Wildman–Crippen LogP) is 4.86. The predicted molar refractivity (Wildman–Crippen MR) is 80.6 cm³/mol. The smallest absolute Gasteiger partial charge is 0.194 e. The van der Waals surface area contributed by atoms with Crippen LogP contribution in [0.3, 0.4) is 0 Å². The molecule has 0 spiro atoms. The van der Waals surface area contributed by atoms with Gasteiger partial charge in [0.05, 0.1) is 15.7 Å². The van der Waals surface area contributed by atoms with Crippen LogP contribution in [0.1, 0.15) is 17.0 Å². The number of fused-ring (bicyclic) bond motifs is 3. The lowest BCUT2D eigenvalue weighted by Gasteiger charge is -2.01. The first-order valence-corrected chi connectivity index (χ1v) is 7.75. The van der Waals surface area contributed by atoms with Crippen LogP contribution in [0, 0.1) is 0 Å². The summed E-state index contributed by atoms with van der Waals surface area (Å²) in [6.45, 7) is 0. The van der Waals surface area contributed by atoms with Crippen molar-refractivity contribution in [3.63, 3.8) is 0 Å². The number of hydrogen-bond acceptors (Lipinski definition) is 2. The summed E-state index contributed by atoms with van der Waals surface area (Å²) in [5, 5.41) is 1.15. The summed E-state index contributed by atoms with van der Waals surface area (Å²) in [6, 6.07) is 5.66. The van der Waals surface area contributed by atoms with Gasteiger partial charge in [0.1, 0.15) is 0 Å². The number of nitrogens with zero attached hydrogens (tertiary/aromatic N) is 2. The molecule has 0 radical (unpaired) electrons. The molecule has 5 heteroatoms. The highest BCUT2D eigenvalue weighted by Gasteiger charge is 2.20. The largest absolute Gasteiger partial charge is 0.294 e. The molecule has 0 amide bonds. The van der Waals surface area contributed by atoms with E-state index in [4.69, 9.17) is 23.2 Å². The Morgan fingerprint density at radius 3 is 3.00 bits per heavy atom. The molecule has 0 unspecified atom stereocenters. The van der Waals surface area contributed by atoms with E-state index in [-0.39, 0.29) is 0 Å². The third-order valence-electron chi connectivity index (χ3n) is 3.55. The van der Waals surface area contributed by atoms with E-state index in [1.165, 1.54) is 23.4 Å². The molecule has 0 saturated carbocycles. The van der Waals surface area contributed by atoms with Gasteiger partial charge in [0.15, 0.2) is 4.96 Å². The first-order valence-electron chi connectivity index (χ1n) is 6.18. The van der Waals surface area contributed by atoms with Crippen LogP contribution in [-0.2, 0) is 12.8 Å². The molecule has 0 saturated heterocycles. The van der Waals surface area contributed by atoms with Crippen molar-refractivity contribution in [2.24, 2.45) is 0 Å². The van der Waals surface area contributed by atoms with Crippen LogP contribution >= 0.6 is 34.5 Å². The van der Waals surface area contributed by atoms with Crippen molar-refractivity contribution in [1.82, 2.24) is 9.38 Å². The number of imidazole rings is 1. The van der Waals surface area contributed by atoms with Gasteiger partial charge in [0.2, 0.25) is 0 Å². The van der Waals surface area contributed by atoms with Crippen molar-refractivity contribution in [1.29, 1.82) is 0 Å². The summed E-state index contributed by atoms with van der Waals surface area (Å²) in [5.74, 6) is 0. The summed E-state index contributed by atoms with van der Waals surface area (Å²) >= 11 is 14.1. The molecule has 1 aromatic carbocycles. The summed E-state index contributed by atoms with van der Waals surface area (Å²) in [7, 11) is 0. The first-order chi connectivity index (χ1) is 9.24. The van der Waals surface area contributed by atoms with Gasteiger partial charge in [-0.15, -0.1) is 11.3 Å². The summed E-state index contributed by atoms with van der Waals surface area (Å²) in [5.41, 5.74) is 3.21. The van der Waals surface area contributed by atoms with Crippen molar-refractivity contribution >= 4 is 39.5 Å². The Morgan fingerprint density at radius 2 is 2.11 bits per heavy atom. The van der Waals surface area contributed by atoms with E-state index in [0.29, 0.717) is 10.0 Å². The lowest BCUT2D eigenvalue weighted by atomic mass is 10.2. The van der Waals surface area contributed by atoms with Crippen LogP contribution < -0.4 is 0 Å². The van der Waals surface area contributed by atoms with Gasteiger partial charge in [-0.25, -0.2) is 4.98 Å². The number of thiazole rings is 1. The molecule has 2 heterocycles. The van der Waals surface area contributed by atoms with E-state index < -0.39 is 0 Å². The van der Waals surface area contributed by atoms with E-state index in [1.807, 2.05) is 12.1 Å². The van der Waals surface area contributed by atoms with E-state index >= 15 is 0 Å². The molecule has 0 bridgehead atoms. The molecule has 4 rings (SSSR count). The average Bonchev–Trinajstić information content (AvgIpc) is 3.03. The fourth-order valence-electron chi connectivity index (χ4n) is 2.64. The van der Waals surface area contributed by atoms with Gasteiger partial charge >= 0.3 is 0 Å². The van der Waals surface area contributed by atoms with Crippen molar-refractivity contribution in [2.45, 2.75) is 19.3 Å². The van der Waals surface area contributed by atoms with Gasteiger partial charge in [0.25, 0.3) is 0 Å². The quantitative estimate of drug-likeness (QED) is 0.627. The van der Waals surface area contributed by atoms with Gasteiger partial charge in [-0.2, -0.15) is 0 Å². The minimum absolute atomic E-state index is 0.570. The van der Waals surface area contributed by atoms with E-state index in [9.17, 15) is 0 Å². The first kappa shape index (κ1) is 11.8. The van der Waals surface area contributed by atoms with Crippen LogP contribution in [-0.4, -0.2) is 9.38 Å². The Kier molecular flexibility index (Phi) is 2.62. The molecular weight excluding hydrogens is 299 g/mol. The maximum absolute atomic E-state index is 6.26. The van der Waals surface area contributed by atoms with Crippen molar-refractivity contribution in [3.8, 4) is 11.3 Å². The van der Waals surface area contributed by atoms with Gasteiger partial charge in [-0.1, -0.05) is 35.3 Å². The van der Waals surface area contributed by atoms with Gasteiger partial charge < -0.3 is 0 Å². The number of rotatable bonds is 1. The minimum Gasteiger partial charge on any atom is -0.294 e. The maximum Gasteiger partial charge on any atom is 0.194 e. The number of aryl methyl sites for hydroxylation is 2. The minimum atomic E-state index is 0.570. The van der Waals surface area contributed by atoms with Crippen molar-refractivity contribution < 1.29 is 0 Å². The molecule has 1 aliphatic rings. The zero-order valence-corrected chi connectivity index (χ0v) is 12.3. The second kappa shape index (κ2) is 4.23. The van der Waals surface area contributed by atoms with Crippen molar-refractivity contribution in [2.75, 3.05) is 0 Å². The fourth-order valence-corrected chi connectivity index (χ4v) is 4.22. The van der Waals surface area contributed by atoms with Crippen LogP contribution in [0.4, 0.5) is 0 Å². The van der Waals surface area contributed by atoms with E-state index in [1.54, 1.807) is 17.4 Å². The Morgan fingerprint density at radius 1 is 1.21 bits per heavy atom. The SMILES string of the molecule is Clc1cccc(-c2cn3c4c(sc3n2)CCC4)c1Cl. The topological polar surface area (TPSA) is 17.3 Å². The Bertz CT molecular complexity index is 788. The number of aromatic nitrogens is 2. The maximum atomic E-state index is 6.26. The highest BCUT2D eigenvalue weighted by Crippen LogP contribution is 2.36. The Labute approximate surface area is 124 Å². The molecule has 0 aliphatic heterocycles. The van der Waals surface area contributed by atoms with Gasteiger partial charge in [-0.05, 0) is 25.3 Å². The van der Waals surface area contributed by atoms with Gasteiger partial charge in [0, 0.05) is 22.3 Å². The van der Waals surface area contributed by atoms with E-state index in [0.717, 1.165) is 22.6 Å². The number of halogens is 2. The molecule has 1 aliphatic carbocycles. The third kappa shape index (κ3) is 1.72. The number of benzene rings is 1. The summed E-state index contributed by atoms with van der Waals surface area (Å²) < 4.78 is 2.21. The molecule has 0 fully saturated rings. The molecule has 3 aromatic rings. The molecule has 0 N–H and O–H groups in total. The zero-order chi connectivity index (χ0) is 13.0. The Balaban J connectivity index is 1.92. The monoisotopic (exact) mass is 308 g/mol. The lowest BCUT2D eigenvalue weighted by molar-refractivity contribution is 0.888. The third-order valence-corrected chi connectivity index (χ3v) is 5.52. The molecular formula is C14H10Cl2N2S. The van der Waals surface area contributed by atoms with Crippen LogP contribution in [0.2, 0.25) is 10.0 Å². The normalized spacial score (nSPS) is 14.2. The second-order valence-corrected chi connectivity index (χ2v) is 6.55. The molecule has 96 valence electrons. The van der Waals surface area contributed by atoms with Gasteiger partial charge in [-0.3, -0.25) is 4.40 Å². The highest BCUT2D eigenvalue weighted by molar-refractivity contribution is 7.17. The zero-order valence-electron chi connectivity index (χ0n) is 9.99. The van der Waals surface area contributed by atoms with E-state index in [2.05, 4.69) is 15.6 Å². The molecule has 19 heavy (non-hydrogen) atoms. The second-order valence-electron chi connectivity index (χ2n) is 4.71. The molecule has 2 nitrogen and oxygen atoms in total. The molecule has 2 aromatic heterocycles. The van der Waals surface area contributed by atoms with Crippen molar-refractivity contribution in [3.05, 3.63) is 45.0 Å². The molecule has 0 atom stereocenters. The standard InChI is InChI=1S/C14H10Cl2N2S/c15-9-4-1-3-8(13(9)16)10-7-18-11-5-2-6-12(11)19-14(18)17-10/h1,3-4,7H,2,5-6H2.